The van der Waals surface area contributed by atoms with Crippen molar-refractivity contribution in [1.29, 1.82) is 0 Å². The maximum absolute atomic E-state index is 10.3. The van der Waals surface area contributed by atoms with Gasteiger partial charge in [0.15, 0.2) is 0 Å². The number of ether oxygens (including phenoxy) is 1. The quantitative estimate of drug-likeness (QED) is 0.180. The van der Waals surface area contributed by atoms with Gasteiger partial charge < -0.3 is 4.74 Å². The van der Waals surface area contributed by atoms with Gasteiger partial charge in [-0.2, -0.15) is 0 Å². The highest BCUT2D eigenvalue weighted by Crippen LogP contribution is 2.62. The molecular formula is C45H26O. The van der Waals surface area contributed by atoms with Crippen LogP contribution in [0.4, 0.5) is 0 Å². The van der Waals surface area contributed by atoms with E-state index in [9.17, 15) is 16.4 Å². The molecule has 8 aromatic carbocycles. The first-order valence-electron chi connectivity index (χ1n) is 26.9. The third kappa shape index (κ3) is 2.91. The van der Waals surface area contributed by atoms with Crippen molar-refractivity contribution < 1.29 is 40.4 Å². The molecule has 11 rings (SSSR count). The number of hydrogen-bond donors (Lipinski definition) is 0. The van der Waals surface area contributed by atoms with Crippen molar-refractivity contribution in [3.05, 3.63) is 179 Å². The van der Waals surface area contributed by atoms with Gasteiger partial charge in [-0.3, -0.25) is 0 Å². The van der Waals surface area contributed by atoms with Crippen molar-refractivity contribution >= 4 is 21.5 Å². The van der Waals surface area contributed by atoms with Gasteiger partial charge in [0.1, 0.15) is 11.5 Å². The van der Waals surface area contributed by atoms with Crippen LogP contribution < -0.4 is 4.74 Å². The predicted molar refractivity (Wildman–Crippen MR) is 189 cm³/mol. The molecule has 1 unspecified atom stereocenters. The second kappa shape index (κ2) is 8.62. The first kappa shape index (κ1) is 10.6. The van der Waals surface area contributed by atoms with E-state index in [-0.39, 0.29) is 5.39 Å². The molecule has 1 heterocycles. The monoisotopic (exact) mass is 608 g/mol. The van der Waals surface area contributed by atoms with Crippen LogP contribution in [0.2, 0.25) is 0 Å². The van der Waals surface area contributed by atoms with Gasteiger partial charge in [0.25, 0.3) is 0 Å². The SMILES string of the molecule is [2H]c1c([2H])c([2H])c2c(c1[2H])-c1c([2H])c([2H])c(-c3c([2H])c([2H])c4c(c3[2H])-c3c([2H])c([2H])c([2H])c5c([2H])c([2H])c([2H])c(c35)O4)c([2H])c1C21c2c([2H])c([2H])c([2H])c([2H])c2-c2c([2H])c([2H])c([2H])c3c([2H])c([2H])c([2H])c1c23. The second-order valence-corrected chi connectivity index (χ2v) is 10.8. The molecule has 0 radical (unpaired) electrons. The Labute approximate surface area is 303 Å². The summed E-state index contributed by atoms with van der Waals surface area (Å²) in [5.41, 5.74) is -10.8. The van der Waals surface area contributed by atoms with Crippen molar-refractivity contribution in [2.24, 2.45) is 0 Å². The lowest BCUT2D eigenvalue weighted by atomic mass is 9.61. The molecule has 3 aliphatic rings. The third-order valence-electron chi connectivity index (χ3n) is 8.64. The van der Waals surface area contributed by atoms with Gasteiger partial charge in [-0.05, 0) is 102 Å². The number of fused-ring (bicyclic) bond motifs is 11. The van der Waals surface area contributed by atoms with Gasteiger partial charge in [-0.25, -0.2) is 0 Å². The molecule has 1 aliphatic heterocycles. The van der Waals surface area contributed by atoms with Gasteiger partial charge in [-0.15, -0.1) is 0 Å². The van der Waals surface area contributed by atoms with E-state index in [2.05, 4.69) is 0 Å². The molecule has 1 spiro atoms. The van der Waals surface area contributed by atoms with E-state index in [1.165, 1.54) is 0 Å². The molecule has 46 heavy (non-hydrogen) atoms. The maximum Gasteiger partial charge on any atom is 0.135 e. The summed E-state index contributed by atoms with van der Waals surface area (Å²) >= 11 is 0. The molecule has 1 heteroatoms. The van der Waals surface area contributed by atoms with Crippen molar-refractivity contribution in [2.45, 2.75) is 5.41 Å². The predicted octanol–water partition coefficient (Wildman–Crippen LogP) is 11.8. The van der Waals surface area contributed by atoms with Crippen LogP contribution in [-0.4, -0.2) is 0 Å². The minimum Gasteiger partial charge on any atom is -0.456 e. The highest BCUT2D eigenvalue weighted by atomic mass is 16.5. The van der Waals surface area contributed by atoms with Gasteiger partial charge in [0, 0.05) is 10.9 Å². The molecule has 1 nitrogen and oxygen atoms in total. The lowest BCUT2D eigenvalue weighted by Gasteiger charge is -2.40. The first-order valence-corrected chi connectivity index (χ1v) is 13.9. The Bertz CT molecular complexity index is 4070. The molecule has 0 amide bonds. The van der Waals surface area contributed by atoms with E-state index >= 15 is 0 Å². The summed E-state index contributed by atoms with van der Waals surface area (Å²) in [6, 6.07) is -23.2. The minimum atomic E-state index is -2.94. The molecule has 0 fully saturated rings. The molecule has 0 bridgehead atoms. The van der Waals surface area contributed by atoms with Crippen LogP contribution in [0.5, 0.6) is 11.5 Å². The van der Waals surface area contributed by atoms with Crippen molar-refractivity contribution in [3.8, 4) is 56.0 Å². The van der Waals surface area contributed by atoms with E-state index in [4.69, 9.17) is 23.9 Å². The molecule has 0 aromatic heterocycles. The summed E-state index contributed by atoms with van der Waals surface area (Å²) in [5, 5.41) is -1.87. The molecule has 2 aliphatic carbocycles. The average Bonchev–Trinajstić information content (AvgIpc) is 3.66. The molecule has 8 aromatic rings. The number of hydrogen-bond acceptors (Lipinski definition) is 1. The smallest absolute Gasteiger partial charge is 0.135 e. The van der Waals surface area contributed by atoms with E-state index < -0.39 is 257 Å². The zero-order valence-electron chi connectivity index (χ0n) is 48.9. The van der Waals surface area contributed by atoms with Crippen molar-refractivity contribution in [3.63, 3.8) is 0 Å². The summed E-state index contributed by atoms with van der Waals surface area (Å²) in [6.07, 6.45) is 0. The topological polar surface area (TPSA) is 9.23 Å². The fourth-order valence-electron chi connectivity index (χ4n) is 6.83. The van der Waals surface area contributed by atoms with Crippen LogP contribution in [0, 0.1) is 0 Å². The fraction of sp³-hybridized carbons (Fsp3) is 0.0222. The Hall–Kier alpha value is -5.92. The van der Waals surface area contributed by atoms with Gasteiger partial charge >= 0.3 is 0 Å². The Balaban J connectivity index is 1.43. The summed E-state index contributed by atoms with van der Waals surface area (Å²) in [5.74, 6) is -1.20. The van der Waals surface area contributed by atoms with E-state index in [0.717, 1.165) is 0 Å². The van der Waals surface area contributed by atoms with Crippen LogP contribution in [-0.2, 0) is 5.41 Å². The molecule has 1 atom stereocenters. The summed E-state index contributed by atoms with van der Waals surface area (Å²) < 4.78 is 245. The lowest BCUT2D eigenvalue weighted by Crippen LogP contribution is -2.31. The summed E-state index contributed by atoms with van der Waals surface area (Å²) in [6.45, 7) is 0. The van der Waals surface area contributed by atoms with Gasteiger partial charge in [0.2, 0.25) is 0 Å². The highest BCUT2D eigenvalue weighted by molar-refractivity contribution is 6.07. The van der Waals surface area contributed by atoms with E-state index in [1.807, 2.05) is 0 Å². The van der Waals surface area contributed by atoms with Crippen LogP contribution in [0.3, 0.4) is 0 Å². The van der Waals surface area contributed by atoms with Crippen LogP contribution in [0.25, 0.3) is 66.1 Å². The molecule has 0 N–H and O–H groups in total. The maximum atomic E-state index is 10.3. The van der Waals surface area contributed by atoms with Crippen LogP contribution in [0.1, 0.15) is 57.9 Å². The van der Waals surface area contributed by atoms with E-state index in [0.29, 0.717) is 0 Å². The summed E-state index contributed by atoms with van der Waals surface area (Å²) in [4.78, 5) is 0. The van der Waals surface area contributed by atoms with Crippen molar-refractivity contribution in [2.75, 3.05) is 0 Å². The van der Waals surface area contributed by atoms with Crippen LogP contribution >= 0.6 is 0 Å². The fourth-order valence-corrected chi connectivity index (χ4v) is 6.83. The summed E-state index contributed by atoms with van der Waals surface area (Å²) in [7, 11) is 0. The molecular weight excluding hydrogens is 556 g/mol. The molecule has 0 saturated carbocycles. The Kier molecular flexibility index (Phi) is 1.98. The number of benzene rings is 8. The van der Waals surface area contributed by atoms with E-state index in [1.54, 1.807) is 0 Å². The largest absolute Gasteiger partial charge is 0.456 e. The highest BCUT2D eigenvalue weighted by Gasteiger charge is 2.50. The second-order valence-electron chi connectivity index (χ2n) is 10.8. The molecule has 0 saturated heterocycles. The van der Waals surface area contributed by atoms with Gasteiger partial charge in [-0.1, -0.05) is 133 Å². The Morgan fingerprint density at radius 1 is 0.370 bits per heavy atom. The van der Waals surface area contributed by atoms with Crippen LogP contribution in [0.15, 0.2) is 157 Å². The Morgan fingerprint density at radius 2 is 0.913 bits per heavy atom. The van der Waals surface area contributed by atoms with Gasteiger partial charge in [0.05, 0.1) is 41.1 Å². The Morgan fingerprint density at radius 3 is 1.70 bits per heavy atom. The standard InChI is InChI=1S/C45H26O/c1-3-17-37-31(13-1)33-23-21-30(29-22-24-41-36(25-29)35-16-6-10-28-12-8-20-42(46-41)44(28)35)26-40(33)45(37)38-18-4-2-14-32(38)34-15-5-9-27-11-7-19-39(45)43(27)34/h1-26H/i1D,2D,3D,4D,5D,6D,7D,8D,9D,10D,11D,12D,13D,14D,15D,16D,17D,18D,19D,20D,21D,22D,23D,24D,25D,26D. The first-order chi connectivity index (χ1) is 33.6. The zero-order valence-corrected chi connectivity index (χ0v) is 22.9. The van der Waals surface area contributed by atoms with Crippen molar-refractivity contribution in [1.82, 2.24) is 0 Å². The average molecular weight is 609 g/mol. The third-order valence-corrected chi connectivity index (χ3v) is 8.64. The number of rotatable bonds is 1. The normalized spacial score (nSPS) is 24.0. The zero-order chi connectivity index (χ0) is 52.6. The molecule has 212 valence electrons. The lowest BCUT2D eigenvalue weighted by molar-refractivity contribution is 0.487. The minimum absolute atomic E-state index is 0.345.